The van der Waals surface area contributed by atoms with Gasteiger partial charge in [0.1, 0.15) is 24.4 Å². The maximum Gasteiger partial charge on any atom is 0.283 e. The fourth-order valence-corrected chi connectivity index (χ4v) is 2.85. The third kappa shape index (κ3) is 5.71. The van der Waals surface area contributed by atoms with Crippen LogP contribution < -0.4 is 0 Å². The lowest BCUT2D eigenvalue weighted by Gasteiger charge is -2.40. The fraction of sp³-hybridized carbons (Fsp3) is 0.533. The van der Waals surface area contributed by atoms with Crippen LogP contribution in [0.5, 0.6) is 0 Å². The normalized spacial score (nSPS) is 30.2. The summed E-state index contributed by atoms with van der Waals surface area (Å²) in [4.78, 5) is 0. The van der Waals surface area contributed by atoms with E-state index in [4.69, 9.17) is 4.74 Å². The molecule has 146 valence electrons. The highest BCUT2D eigenvalue weighted by Gasteiger charge is 2.43. The highest BCUT2D eigenvalue weighted by Crippen LogP contribution is 2.24. The van der Waals surface area contributed by atoms with Crippen LogP contribution in [-0.4, -0.2) is 76.2 Å². The number of nitrogens with zero attached hydrogens (tertiary/aromatic N) is 1. The first-order valence-corrected chi connectivity index (χ1v) is 9.09. The Balaban J connectivity index is 2.19. The van der Waals surface area contributed by atoms with Crippen molar-refractivity contribution in [3.8, 4) is 0 Å². The van der Waals surface area contributed by atoms with Crippen LogP contribution in [0, 0.1) is 0 Å². The quantitative estimate of drug-likeness (QED) is 0.183. The molecular formula is C15H20NO9S-. The van der Waals surface area contributed by atoms with Crippen molar-refractivity contribution in [2.24, 2.45) is 5.16 Å². The molecule has 1 aromatic rings. The Hall–Kier alpha value is -1.60. The van der Waals surface area contributed by atoms with Crippen LogP contribution in [-0.2, 0) is 25.8 Å². The van der Waals surface area contributed by atoms with E-state index in [1.54, 1.807) is 30.3 Å². The van der Waals surface area contributed by atoms with Gasteiger partial charge in [-0.2, -0.15) is 8.42 Å². The first kappa shape index (κ1) is 20.7. The number of benzene rings is 1. The number of hydrogen-bond acceptors (Lipinski definition) is 10. The molecular weight excluding hydrogens is 370 g/mol. The minimum absolute atomic E-state index is 0.0555. The van der Waals surface area contributed by atoms with E-state index in [0.717, 1.165) is 5.56 Å². The Labute approximate surface area is 150 Å². The summed E-state index contributed by atoms with van der Waals surface area (Å²) < 4.78 is 41.3. The van der Waals surface area contributed by atoms with Gasteiger partial charge in [-0.25, -0.2) is 0 Å². The van der Waals surface area contributed by atoms with E-state index in [-0.39, 0.29) is 18.6 Å². The van der Waals surface area contributed by atoms with Crippen molar-refractivity contribution in [1.82, 2.24) is 0 Å². The second-order valence-corrected chi connectivity index (χ2v) is 6.84. The molecule has 1 aliphatic rings. The van der Waals surface area contributed by atoms with Gasteiger partial charge in [-0.05, 0) is 5.56 Å². The van der Waals surface area contributed by atoms with Crippen molar-refractivity contribution in [2.45, 2.75) is 43.4 Å². The average molecular weight is 390 g/mol. The summed E-state index contributed by atoms with van der Waals surface area (Å²) in [5.74, 6) is 0. The molecule has 1 aliphatic heterocycles. The standard InChI is InChI=1S/C15H21NO9S/c17-8-12-14(19)15(20)13(18)11(24-12)7-10(16-25-26(21,22)23)6-9-4-2-1-3-5-9/h1-5,11-15,17-20H,6-8H2,(H,21,22,23)/p-1/t11-,12+,13-,14+,15+/m0/s1. The molecule has 0 saturated carbocycles. The molecule has 5 atom stereocenters. The molecule has 1 fully saturated rings. The molecule has 1 aromatic carbocycles. The van der Waals surface area contributed by atoms with Crippen molar-refractivity contribution in [2.75, 3.05) is 6.61 Å². The maximum atomic E-state index is 10.7. The van der Waals surface area contributed by atoms with Gasteiger partial charge in [-0.3, -0.25) is 4.28 Å². The zero-order valence-electron chi connectivity index (χ0n) is 13.6. The lowest BCUT2D eigenvalue weighted by molar-refractivity contribution is -0.227. The minimum atomic E-state index is -5.07. The molecule has 1 saturated heterocycles. The topological polar surface area (TPSA) is 169 Å². The zero-order valence-corrected chi connectivity index (χ0v) is 14.4. The number of hydrogen-bond donors (Lipinski definition) is 4. The molecule has 0 amide bonds. The highest BCUT2D eigenvalue weighted by atomic mass is 32.3. The van der Waals surface area contributed by atoms with E-state index in [9.17, 15) is 33.4 Å². The summed E-state index contributed by atoms with van der Waals surface area (Å²) >= 11 is 0. The summed E-state index contributed by atoms with van der Waals surface area (Å²) in [5.41, 5.74) is 0.780. The maximum absolute atomic E-state index is 10.7. The average Bonchev–Trinajstić information content (AvgIpc) is 2.60. The van der Waals surface area contributed by atoms with Gasteiger partial charge in [0, 0.05) is 12.8 Å². The summed E-state index contributed by atoms with van der Waals surface area (Å²) in [7, 11) is -5.07. The number of aliphatic hydroxyl groups is 4. The predicted octanol–water partition coefficient (Wildman–Crippen LogP) is -1.71. The summed E-state index contributed by atoms with van der Waals surface area (Å²) in [6.45, 7) is -0.599. The molecule has 4 N–H and O–H groups in total. The molecule has 0 spiro atoms. The van der Waals surface area contributed by atoms with Crippen LogP contribution in [0.4, 0.5) is 0 Å². The molecule has 10 nitrogen and oxygen atoms in total. The molecule has 0 bridgehead atoms. The van der Waals surface area contributed by atoms with Gasteiger partial charge >= 0.3 is 0 Å². The Bertz CT molecular complexity index is 707. The summed E-state index contributed by atoms with van der Waals surface area (Å²) in [5, 5.41) is 42.2. The van der Waals surface area contributed by atoms with Gasteiger partial charge in [-0.1, -0.05) is 35.5 Å². The lowest BCUT2D eigenvalue weighted by Crippen LogP contribution is -2.58. The second-order valence-electron chi connectivity index (χ2n) is 5.87. The summed E-state index contributed by atoms with van der Waals surface area (Å²) in [6, 6.07) is 8.72. The van der Waals surface area contributed by atoms with Crippen LogP contribution >= 0.6 is 0 Å². The third-order valence-corrected chi connectivity index (χ3v) is 4.19. The van der Waals surface area contributed by atoms with Gasteiger partial charge in [0.2, 0.25) is 0 Å². The van der Waals surface area contributed by atoms with E-state index < -0.39 is 47.5 Å². The predicted molar refractivity (Wildman–Crippen MR) is 86.7 cm³/mol. The zero-order chi connectivity index (χ0) is 19.3. The van der Waals surface area contributed by atoms with Crippen LogP contribution in [0.1, 0.15) is 12.0 Å². The monoisotopic (exact) mass is 390 g/mol. The molecule has 0 radical (unpaired) electrons. The van der Waals surface area contributed by atoms with Crippen LogP contribution in [0.25, 0.3) is 0 Å². The smallest absolute Gasteiger partial charge is 0.283 e. The highest BCUT2D eigenvalue weighted by molar-refractivity contribution is 7.80. The fourth-order valence-electron chi connectivity index (χ4n) is 2.65. The first-order valence-electron chi connectivity index (χ1n) is 7.76. The van der Waals surface area contributed by atoms with Crippen molar-refractivity contribution in [3.05, 3.63) is 35.9 Å². The molecule has 11 heteroatoms. The minimum Gasteiger partial charge on any atom is -0.714 e. The first-order chi connectivity index (χ1) is 12.2. The van der Waals surface area contributed by atoms with Gasteiger partial charge in [0.05, 0.1) is 18.4 Å². The number of aliphatic hydroxyl groups excluding tert-OH is 4. The van der Waals surface area contributed by atoms with Gasteiger partial charge in [0.15, 0.2) is 0 Å². The van der Waals surface area contributed by atoms with Crippen molar-refractivity contribution in [3.63, 3.8) is 0 Å². The van der Waals surface area contributed by atoms with E-state index >= 15 is 0 Å². The molecule has 26 heavy (non-hydrogen) atoms. The van der Waals surface area contributed by atoms with Crippen LogP contribution in [0.15, 0.2) is 35.5 Å². The van der Waals surface area contributed by atoms with Crippen molar-refractivity contribution >= 4 is 16.1 Å². The van der Waals surface area contributed by atoms with E-state index in [1.807, 2.05) is 0 Å². The molecule has 0 aromatic heterocycles. The van der Waals surface area contributed by atoms with Crippen LogP contribution in [0.2, 0.25) is 0 Å². The van der Waals surface area contributed by atoms with E-state index in [0.29, 0.717) is 0 Å². The number of ether oxygens (including phenoxy) is 1. The summed E-state index contributed by atoms with van der Waals surface area (Å²) in [6.07, 6.45) is -6.94. The Morgan fingerprint density at radius 3 is 2.31 bits per heavy atom. The van der Waals surface area contributed by atoms with Gasteiger partial charge < -0.3 is 29.7 Å². The largest absolute Gasteiger partial charge is 0.714 e. The third-order valence-electron chi connectivity index (χ3n) is 3.94. The van der Waals surface area contributed by atoms with Gasteiger partial charge in [0.25, 0.3) is 10.4 Å². The Morgan fingerprint density at radius 2 is 1.73 bits per heavy atom. The lowest BCUT2D eigenvalue weighted by atomic mass is 9.91. The Morgan fingerprint density at radius 1 is 1.12 bits per heavy atom. The molecule has 0 unspecified atom stereocenters. The second kappa shape index (κ2) is 8.86. The number of rotatable bonds is 7. The Kier molecular flexibility index (Phi) is 7.06. The van der Waals surface area contributed by atoms with Gasteiger partial charge in [-0.15, -0.1) is 0 Å². The molecule has 1 heterocycles. The van der Waals surface area contributed by atoms with Crippen molar-refractivity contribution < 1.29 is 42.4 Å². The van der Waals surface area contributed by atoms with Crippen molar-refractivity contribution in [1.29, 1.82) is 0 Å². The molecule has 0 aliphatic carbocycles. The number of oxime groups is 1. The SMILES string of the molecule is O=S(=O)([O-])ON=C(Cc1ccccc1)C[C@@H]1O[C@H](CO)[C@@H](O)[C@H](O)[C@H]1O. The van der Waals surface area contributed by atoms with E-state index in [1.165, 1.54) is 0 Å². The van der Waals surface area contributed by atoms with E-state index in [2.05, 4.69) is 9.44 Å². The molecule has 2 rings (SSSR count). The van der Waals surface area contributed by atoms with Crippen LogP contribution in [0.3, 0.4) is 0 Å².